The highest BCUT2D eigenvalue weighted by Gasteiger charge is 2.48. The fourth-order valence-corrected chi connectivity index (χ4v) is 2.83. The van der Waals surface area contributed by atoms with Crippen molar-refractivity contribution in [2.24, 2.45) is 11.8 Å². The Balaban J connectivity index is 1.60. The molecule has 0 saturated heterocycles. The molecule has 126 valence electrons. The molecule has 1 saturated carbocycles. The second-order valence-electron chi connectivity index (χ2n) is 5.74. The van der Waals surface area contributed by atoms with Gasteiger partial charge in [-0.2, -0.15) is 5.26 Å². The number of nitrogens with one attached hydrogen (secondary N) is 2. The van der Waals surface area contributed by atoms with Gasteiger partial charge >= 0.3 is 0 Å². The molecule has 2 N–H and O–H groups in total. The Bertz CT molecular complexity index is 892. The molecule has 0 bridgehead atoms. The number of anilines is 2. The lowest BCUT2D eigenvalue weighted by Gasteiger charge is -2.08. The predicted octanol–water partition coefficient (Wildman–Crippen LogP) is 4.08. The second-order valence-corrected chi connectivity index (χ2v) is 6.59. The smallest absolute Gasteiger partial charge is 0.228 e. The highest BCUT2D eigenvalue weighted by molar-refractivity contribution is 6.35. The molecule has 3 rings (SSSR count). The van der Waals surface area contributed by atoms with E-state index in [1.54, 1.807) is 42.5 Å². The van der Waals surface area contributed by atoms with Crippen LogP contribution in [-0.2, 0) is 9.59 Å². The molecule has 5 nitrogen and oxygen atoms in total. The number of carbonyl (C=O) groups excluding carboxylic acids is 2. The molecule has 0 spiro atoms. The highest BCUT2D eigenvalue weighted by Crippen LogP contribution is 2.40. The Morgan fingerprint density at radius 2 is 1.76 bits per heavy atom. The molecule has 1 aliphatic rings. The van der Waals surface area contributed by atoms with Gasteiger partial charge in [-0.15, -0.1) is 0 Å². The van der Waals surface area contributed by atoms with Gasteiger partial charge in [-0.3, -0.25) is 9.59 Å². The van der Waals surface area contributed by atoms with Gasteiger partial charge in [-0.1, -0.05) is 29.3 Å². The Morgan fingerprint density at radius 3 is 2.48 bits per heavy atom. The van der Waals surface area contributed by atoms with Gasteiger partial charge in [0.05, 0.1) is 34.2 Å². The van der Waals surface area contributed by atoms with Crippen LogP contribution in [0.1, 0.15) is 12.0 Å². The number of hydrogen-bond donors (Lipinski definition) is 2. The fraction of sp³-hybridized carbons (Fsp3) is 0.167. The Labute approximate surface area is 154 Å². The van der Waals surface area contributed by atoms with Crippen LogP contribution in [0.5, 0.6) is 0 Å². The molecule has 0 aromatic heterocycles. The van der Waals surface area contributed by atoms with E-state index in [9.17, 15) is 9.59 Å². The van der Waals surface area contributed by atoms with E-state index in [2.05, 4.69) is 10.6 Å². The number of amides is 2. The number of nitrogens with zero attached hydrogens (tertiary/aromatic N) is 1. The standard InChI is InChI=1S/C18H13Cl2N3O2/c19-11-4-5-15(20)16(7-11)23-18(25)14-8-13(14)17(24)22-12-3-1-2-10(6-12)9-21/h1-7,13-14H,8H2,(H,22,24)(H,23,25). The third-order valence-corrected chi connectivity index (χ3v) is 4.47. The average molecular weight is 374 g/mol. The zero-order chi connectivity index (χ0) is 18.0. The van der Waals surface area contributed by atoms with Crippen molar-refractivity contribution in [3.8, 4) is 6.07 Å². The van der Waals surface area contributed by atoms with Gasteiger partial charge in [0.2, 0.25) is 11.8 Å². The molecule has 2 atom stereocenters. The second kappa shape index (κ2) is 7.14. The topological polar surface area (TPSA) is 82.0 Å². The summed E-state index contributed by atoms with van der Waals surface area (Å²) in [6.07, 6.45) is 0.466. The largest absolute Gasteiger partial charge is 0.326 e. The van der Waals surface area contributed by atoms with Crippen LogP contribution in [0.4, 0.5) is 11.4 Å². The van der Waals surface area contributed by atoms with E-state index in [4.69, 9.17) is 28.5 Å². The van der Waals surface area contributed by atoms with Crippen LogP contribution in [-0.4, -0.2) is 11.8 Å². The molecular weight excluding hydrogens is 361 g/mol. The Hall–Kier alpha value is -2.55. The van der Waals surface area contributed by atoms with Gasteiger partial charge < -0.3 is 10.6 Å². The normalized spacial score (nSPS) is 18.1. The first-order valence-corrected chi connectivity index (χ1v) is 8.30. The molecule has 1 fully saturated rings. The number of carbonyl (C=O) groups is 2. The third kappa shape index (κ3) is 4.11. The first-order valence-electron chi connectivity index (χ1n) is 7.55. The molecule has 0 aliphatic heterocycles. The first-order chi connectivity index (χ1) is 12.0. The Morgan fingerprint density at radius 1 is 1.04 bits per heavy atom. The summed E-state index contributed by atoms with van der Waals surface area (Å²) in [7, 11) is 0. The van der Waals surface area contributed by atoms with E-state index in [1.165, 1.54) is 0 Å². The summed E-state index contributed by atoms with van der Waals surface area (Å²) < 4.78 is 0. The van der Waals surface area contributed by atoms with Gasteiger partial charge in [0.25, 0.3) is 0 Å². The van der Waals surface area contributed by atoms with Crippen LogP contribution in [0.2, 0.25) is 10.0 Å². The molecule has 0 heterocycles. The van der Waals surface area contributed by atoms with Crippen LogP contribution in [0, 0.1) is 23.2 Å². The van der Waals surface area contributed by atoms with Gasteiger partial charge in [-0.25, -0.2) is 0 Å². The summed E-state index contributed by atoms with van der Waals surface area (Å²) in [4.78, 5) is 24.5. The highest BCUT2D eigenvalue weighted by atomic mass is 35.5. The van der Waals surface area contributed by atoms with Gasteiger partial charge in [0, 0.05) is 10.7 Å². The van der Waals surface area contributed by atoms with Crippen LogP contribution < -0.4 is 10.6 Å². The minimum Gasteiger partial charge on any atom is -0.326 e. The van der Waals surface area contributed by atoms with E-state index in [0.717, 1.165) is 0 Å². The molecular formula is C18H13Cl2N3O2. The van der Waals surface area contributed by atoms with Crippen molar-refractivity contribution in [2.45, 2.75) is 6.42 Å². The number of halogens is 2. The molecule has 2 aromatic rings. The van der Waals surface area contributed by atoms with Gasteiger partial charge in [-0.05, 0) is 42.8 Å². The van der Waals surface area contributed by atoms with Crippen molar-refractivity contribution in [3.05, 3.63) is 58.1 Å². The van der Waals surface area contributed by atoms with Crippen LogP contribution in [0.15, 0.2) is 42.5 Å². The lowest BCUT2D eigenvalue weighted by molar-refractivity contribution is -0.122. The average Bonchev–Trinajstić information content (AvgIpc) is 3.39. The summed E-state index contributed by atoms with van der Waals surface area (Å²) in [5, 5.41) is 15.2. The summed E-state index contributed by atoms with van der Waals surface area (Å²) >= 11 is 11.9. The van der Waals surface area contributed by atoms with E-state index >= 15 is 0 Å². The number of hydrogen-bond acceptors (Lipinski definition) is 3. The monoisotopic (exact) mass is 373 g/mol. The third-order valence-electron chi connectivity index (χ3n) is 3.91. The lowest BCUT2D eigenvalue weighted by atomic mass is 10.2. The number of benzene rings is 2. The van der Waals surface area contributed by atoms with Gasteiger partial charge in [0.15, 0.2) is 0 Å². The van der Waals surface area contributed by atoms with E-state index in [-0.39, 0.29) is 11.8 Å². The quantitative estimate of drug-likeness (QED) is 0.846. The van der Waals surface area contributed by atoms with E-state index in [1.807, 2.05) is 6.07 Å². The molecule has 1 aliphatic carbocycles. The zero-order valence-corrected chi connectivity index (χ0v) is 14.4. The zero-order valence-electron chi connectivity index (χ0n) is 12.9. The van der Waals surface area contributed by atoms with E-state index in [0.29, 0.717) is 33.4 Å². The summed E-state index contributed by atoms with van der Waals surface area (Å²) in [6.45, 7) is 0. The van der Waals surface area contributed by atoms with Gasteiger partial charge in [0.1, 0.15) is 0 Å². The van der Waals surface area contributed by atoms with Crippen molar-refractivity contribution >= 4 is 46.4 Å². The molecule has 2 aromatic carbocycles. The summed E-state index contributed by atoms with van der Waals surface area (Å²) in [5.74, 6) is -1.32. The lowest BCUT2D eigenvalue weighted by Crippen LogP contribution is -2.20. The maximum Gasteiger partial charge on any atom is 0.228 e. The maximum absolute atomic E-state index is 12.3. The number of rotatable bonds is 4. The maximum atomic E-state index is 12.3. The van der Waals surface area contributed by atoms with Crippen molar-refractivity contribution in [3.63, 3.8) is 0 Å². The van der Waals surface area contributed by atoms with Crippen molar-refractivity contribution < 1.29 is 9.59 Å². The molecule has 7 heteroatoms. The minimum atomic E-state index is -0.408. The SMILES string of the molecule is N#Cc1cccc(NC(=O)C2CC2C(=O)Nc2cc(Cl)ccc2Cl)c1. The van der Waals surface area contributed by atoms with E-state index < -0.39 is 11.8 Å². The molecule has 25 heavy (non-hydrogen) atoms. The first kappa shape index (κ1) is 17.3. The minimum absolute atomic E-state index is 0.243. The molecule has 2 amide bonds. The van der Waals surface area contributed by atoms with Crippen molar-refractivity contribution in [1.82, 2.24) is 0 Å². The van der Waals surface area contributed by atoms with Crippen LogP contribution >= 0.6 is 23.2 Å². The predicted molar refractivity (Wildman–Crippen MR) is 96.5 cm³/mol. The van der Waals surface area contributed by atoms with Crippen LogP contribution in [0.25, 0.3) is 0 Å². The van der Waals surface area contributed by atoms with Crippen LogP contribution in [0.3, 0.4) is 0 Å². The molecule has 2 unspecified atom stereocenters. The van der Waals surface area contributed by atoms with Crippen molar-refractivity contribution in [2.75, 3.05) is 10.6 Å². The number of nitriles is 1. The fourth-order valence-electron chi connectivity index (χ4n) is 2.49. The Kier molecular flexibility index (Phi) is 4.93. The van der Waals surface area contributed by atoms with Crippen molar-refractivity contribution in [1.29, 1.82) is 5.26 Å². The summed E-state index contributed by atoms with van der Waals surface area (Å²) in [6, 6.07) is 13.4. The summed E-state index contributed by atoms with van der Waals surface area (Å²) in [5.41, 5.74) is 1.42. The molecule has 0 radical (unpaired) electrons.